The van der Waals surface area contributed by atoms with Crippen molar-refractivity contribution in [2.24, 2.45) is 11.8 Å². The van der Waals surface area contributed by atoms with Crippen LogP contribution in [0.25, 0.3) is 0 Å². The molecule has 0 aromatic rings. The van der Waals surface area contributed by atoms with E-state index < -0.39 is 8.32 Å². The quantitative estimate of drug-likeness (QED) is 0.569. The van der Waals surface area contributed by atoms with Gasteiger partial charge >= 0.3 is 0 Å². The van der Waals surface area contributed by atoms with Crippen molar-refractivity contribution in [2.45, 2.75) is 57.9 Å². The molecule has 2 saturated heterocycles. The Morgan fingerprint density at radius 1 is 1.28 bits per heavy atom. The molecule has 1 aliphatic carbocycles. The summed E-state index contributed by atoms with van der Waals surface area (Å²) in [5, 5.41) is 0. The summed E-state index contributed by atoms with van der Waals surface area (Å²) in [6, 6.07) is 0. The molecule has 3 nitrogen and oxygen atoms in total. The lowest BCUT2D eigenvalue weighted by Crippen LogP contribution is -2.52. The Kier molecular flexibility index (Phi) is 3.17. The van der Waals surface area contributed by atoms with E-state index in [0.29, 0.717) is 17.9 Å². The summed E-state index contributed by atoms with van der Waals surface area (Å²) in [4.78, 5) is 0. The minimum absolute atomic E-state index is 0.117. The van der Waals surface area contributed by atoms with Crippen LogP contribution in [0.15, 0.2) is 11.6 Å². The molecule has 0 N–H and O–H groups in total. The maximum Gasteiger partial charge on any atom is 0.184 e. The third-order valence-electron chi connectivity index (χ3n) is 4.24. The zero-order valence-electron chi connectivity index (χ0n) is 11.8. The molecule has 2 heterocycles. The predicted octanol–water partition coefficient (Wildman–Crippen LogP) is 2.93. The summed E-state index contributed by atoms with van der Waals surface area (Å²) in [7, 11) is -1.56. The summed E-state index contributed by atoms with van der Waals surface area (Å²) < 4.78 is 18.2. The van der Waals surface area contributed by atoms with Gasteiger partial charge in [0.15, 0.2) is 14.6 Å². The molecule has 0 spiro atoms. The van der Waals surface area contributed by atoms with Crippen molar-refractivity contribution < 1.29 is 13.9 Å². The van der Waals surface area contributed by atoms with Crippen LogP contribution in [0.4, 0.5) is 0 Å². The summed E-state index contributed by atoms with van der Waals surface area (Å²) in [6.07, 6.45) is 4.97. The van der Waals surface area contributed by atoms with Crippen LogP contribution in [0.5, 0.6) is 0 Å². The average Bonchev–Trinajstić information content (AvgIpc) is 2.69. The fourth-order valence-electron chi connectivity index (χ4n) is 3.50. The van der Waals surface area contributed by atoms with Gasteiger partial charge < -0.3 is 13.9 Å². The fourth-order valence-corrected chi connectivity index (χ4v) is 4.60. The van der Waals surface area contributed by atoms with Crippen molar-refractivity contribution in [3.63, 3.8) is 0 Å². The largest absolute Gasteiger partial charge is 0.409 e. The van der Waals surface area contributed by atoms with E-state index >= 15 is 0 Å². The lowest BCUT2D eigenvalue weighted by atomic mass is 9.73. The lowest BCUT2D eigenvalue weighted by molar-refractivity contribution is -0.187. The van der Waals surface area contributed by atoms with E-state index in [0.717, 1.165) is 19.4 Å². The second-order valence-electron chi connectivity index (χ2n) is 6.89. The highest BCUT2D eigenvalue weighted by Crippen LogP contribution is 2.45. The highest BCUT2D eigenvalue weighted by atomic mass is 28.4. The summed E-state index contributed by atoms with van der Waals surface area (Å²) in [6.45, 7) is 9.72. The summed E-state index contributed by atoms with van der Waals surface area (Å²) in [5.74, 6) is 1.18. The Balaban J connectivity index is 1.84. The smallest absolute Gasteiger partial charge is 0.184 e. The van der Waals surface area contributed by atoms with Gasteiger partial charge in [-0.05, 0) is 51.2 Å². The minimum atomic E-state index is -1.56. The van der Waals surface area contributed by atoms with Gasteiger partial charge in [-0.3, -0.25) is 0 Å². The Hall–Kier alpha value is -0.163. The first-order chi connectivity index (χ1) is 8.44. The zero-order chi connectivity index (χ0) is 12.9. The summed E-state index contributed by atoms with van der Waals surface area (Å²) in [5.41, 5.74) is 1.50. The van der Waals surface area contributed by atoms with Gasteiger partial charge in [-0.2, -0.15) is 0 Å². The first-order valence-corrected chi connectivity index (χ1v) is 10.5. The van der Waals surface area contributed by atoms with Crippen molar-refractivity contribution in [1.29, 1.82) is 0 Å². The fraction of sp³-hybridized carbons (Fsp3) is 0.857. The maximum absolute atomic E-state index is 6.39. The number of allylic oxidation sites excluding steroid dienone is 2. The van der Waals surface area contributed by atoms with Crippen LogP contribution >= 0.6 is 0 Å². The monoisotopic (exact) mass is 268 g/mol. The topological polar surface area (TPSA) is 27.7 Å². The second-order valence-corrected chi connectivity index (χ2v) is 11.3. The molecule has 2 fully saturated rings. The van der Waals surface area contributed by atoms with Gasteiger partial charge in [-0.15, -0.1) is 0 Å². The van der Waals surface area contributed by atoms with Crippen LogP contribution < -0.4 is 0 Å². The molecule has 2 bridgehead atoms. The Labute approximate surface area is 111 Å². The molecule has 3 rings (SSSR count). The third-order valence-corrected chi connectivity index (χ3v) is 5.22. The van der Waals surface area contributed by atoms with Gasteiger partial charge in [0, 0.05) is 0 Å². The van der Waals surface area contributed by atoms with Crippen molar-refractivity contribution in [1.82, 2.24) is 0 Å². The Morgan fingerprint density at radius 2 is 2.06 bits per heavy atom. The van der Waals surface area contributed by atoms with Crippen LogP contribution in [-0.2, 0) is 13.9 Å². The Bertz CT molecular complexity index is 361. The van der Waals surface area contributed by atoms with E-state index in [4.69, 9.17) is 13.9 Å². The van der Waals surface area contributed by atoms with Gasteiger partial charge in [0.25, 0.3) is 0 Å². The molecule has 102 valence electrons. The van der Waals surface area contributed by atoms with Gasteiger partial charge in [0.1, 0.15) is 0 Å². The van der Waals surface area contributed by atoms with Crippen molar-refractivity contribution in [2.75, 3.05) is 6.61 Å². The predicted molar refractivity (Wildman–Crippen MR) is 72.8 cm³/mol. The van der Waals surface area contributed by atoms with E-state index in [1.165, 1.54) is 5.57 Å². The molecule has 5 atom stereocenters. The zero-order valence-corrected chi connectivity index (χ0v) is 12.8. The van der Waals surface area contributed by atoms with Crippen molar-refractivity contribution in [3.05, 3.63) is 11.6 Å². The average molecular weight is 268 g/mol. The number of hydrogen-bond donors (Lipinski definition) is 0. The van der Waals surface area contributed by atoms with E-state index in [1.54, 1.807) is 0 Å². The van der Waals surface area contributed by atoms with E-state index in [1.807, 2.05) is 0 Å². The van der Waals surface area contributed by atoms with E-state index in [-0.39, 0.29) is 12.4 Å². The van der Waals surface area contributed by atoms with Crippen molar-refractivity contribution in [3.8, 4) is 0 Å². The first kappa shape index (κ1) is 12.8. The SMILES string of the molecule is CC1=CC[C@H]2[C@@H](C1)[C@@H](O[Si](C)(C)C)[C@@H]1OC[C@H]2O1. The lowest BCUT2D eigenvalue weighted by Gasteiger charge is -2.45. The number of hydrogen-bond acceptors (Lipinski definition) is 3. The van der Waals surface area contributed by atoms with E-state index in [2.05, 4.69) is 32.6 Å². The first-order valence-electron chi connectivity index (χ1n) is 7.04. The highest BCUT2D eigenvalue weighted by molar-refractivity contribution is 6.69. The van der Waals surface area contributed by atoms with Gasteiger partial charge in [-0.25, -0.2) is 0 Å². The standard InChI is InChI=1S/C14H24O3Si/c1-9-5-6-10-11(7-9)13(17-18(2,3)4)14-15-8-12(10)16-14/h5,10-14H,6-8H2,1-4H3/t10-,11+,12+,13+,14+/m0/s1. The molecule has 0 amide bonds. The van der Waals surface area contributed by atoms with Gasteiger partial charge in [0.05, 0.1) is 18.8 Å². The minimum Gasteiger partial charge on any atom is -0.409 e. The number of fused-ring (bicyclic) bond motifs is 4. The number of rotatable bonds is 2. The second kappa shape index (κ2) is 4.44. The van der Waals surface area contributed by atoms with Crippen LogP contribution in [0, 0.1) is 11.8 Å². The molecular weight excluding hydrogens is 244 g/mol. The molecule has 2 aliphatic heterocycles. The molecule has 0 unspecified atom stereocenters. The van der Waals surface area contributed by atoms with Gasteiger partial charge in [0.2, 0.25) is 0 Å². The molecule has 18 heavy (non-hydrogen) atoms. The molecule has 4 heteroatoms. The Morgan fingerprint density at radius 3 is 2.78 bits per heavy atom. The van der Waals surface area contributed by atoms with E-state index in [9.17, 15) is 0 Å². The number of ether oxygens (including phenoxy) is 2. The molecule has 0 saturated carbocycles. The van der Waals surface area contributed by atoms with Crippen LogP contribution in [0.3, 0.4) is 0 Å². The van der Waals surface area contributed by atoms with Crippen molar-refractivity contribution >= 4 is 8.32 Å². The molecule has 0 radical (unpaired) electrons. The van der Waals surface area contributed by atoms with Crippen LogP contribution in [-0.4, -0.2) is 33.4 Å². The van der Waals surface area contributed by atoms with Gasteiger partial charge in [-0.1, -0.05) is 11.6 Å². The molecular formula is C14H24O3Si. The third kappa shape index (κ3) is 2.31. The maximum atomic E-state index is 6.39. The normalized spacial score (nSPS) is 43.6. The molecule has 3 aliphatic rings. The molecule has 0 aromatic heterocycles. The molecule has 0 aromatic carbocycles. The highest BCUT2D eigenvalue weighted by Gasteiger charge is 2.52. The van der Waals surface area contributed by atoms with Crippen LogP contribution in [0.2, 0.25) is 19.6 Å². The van der Waals surface area contributed by atoms with Crippen LogP contribution in [0.1, 0.15) is 19.8 Å². The summed E-state index contributed by atoms with van der Waals surface area (Å²) >= 11 is 0.